The fourth-order valence-electron chi connectivity index (χ4n) is 2.00. The molecule has 0 heterocycles. The Balaban J connectivity index is 2.40. The van der Waals surface area contributed by atoms with Crippen LogP contribution in [-0.4, -0.2) is 41.8 Å². The van der Waals surface area contributed by atoms with Crippen LogP contribution >= 0.6 is 0 Å². The minimum Gasteiger partial charge on any atom is -0.491 e. The average Bonchev–Trinajstić information content (AvgIpc) is 2.41. The molecule has 0 aromatic heterocycles. The van der Waals surface area contributed by atoms with Crippen molar-refractivity contribution in [1.82, 2.24) is 4.90 Å². The number of anilines is 1. The average molecular weight is 266 g/mol. The van der Waals surface area contributed by atoms with E-state index < -0.39 is 6.10 Å². The lowest BCUT2D eigenvalue weighted by Crippen LogP contribution is -2.40. The fourth-order valence-corrected chi connectivity index (χ4v) is 2.00. The third-order valence-corrected chi connectivity index (χ3v) is 3.37. The monoisotopic (exact) mass is 266 g/mol. The lowest BCUT2D eigenvalue weighted by Gasteiger charge is -2.29. The minimum absolute atomic E-state index is 0.288. The number of nitrogens with zero attached hydrogens (tertiary/aromatic N) is 1. The van der Waals surface area contributed by atoms with Crippen LogP contribution in [0.3, 0.4) is 0 Å². The first-order valence-electron chi connectivity index (χ1n) is 6.97. The zero-order valence-corrected chi connectivity index (χ0v) is 12.2. The molecule has 1 rings (SSSR count). The Morgan fingerprint density at radius 3 is 2.68 bits per heavy atom. The van der Waals surface area contributed by atoms with Crippen molar-refractivity contribution in [2.45, 2.75) is 39.3 Å². The van der Waals surface area contributed by atoms with Crippen LogP contribution in [0.2, 0.25) is 0 Å². The van der Waals surface area contributed by atoms with Gasteiger partial charge >= 0.3 is 0 Å². The number of ether oxygens (including phenoxy) is 1. The molecule has 0 aliphatic heterocycles. The van der Waals surface area contributed by atoms with Gasteiger partial charge in [-0.05, 0) is 32.0 Å². The SMILES string of the molecule is CCC(C)N(CC)CC(O)COc1cccc(N)c1. The summed E-state index contributed by atoms with van der Waals surface area (Å²) in [5.74, 6) is 0.700. The summed E-state index contributed by atoms with van der Waals surface area (Å²) < 4.78 is 5.55. The van der Waals surface area contributed by atoms with Crippen LogP contribution in [0.4, 0.5) is 5.69 Å². The molecule has 0 fully saturated rings. The molecule has 4 nitrogen and oxygen atoms in total. The topological polar surface area (TPSA) is 58.7 Å². The van der Waals surface area contributed by atoms with E-state index in [1.54, 1.807) is 6.07 Å². The molecule has 4 heteroatoms. The summed E-state index contributed by atoms with van der Waals surface area (Å²) in [7, 11) is 0. The van der Waals surface area contributed by atoms with Gasteiger partial charge in [-0.3, -0.25) is 4.90 Å². The predicted molar refractivity (Wildman–Crippen MR) is 79.4 cm³/mol. The highest BCUT2D eigenvalue weighted by Crippen LogP contribution is 2.14. The van der Waals surface area contributed by atoms with E-state index in [9.17, 15) is 5.11 Å². The summed E-state index contributed by atoms with van der Waals surface area (Å²) in [5, 5.41) is 10.0. The van der Waals surface area contributed by atoms with Crippen molar-refractivity contribution >= 4 is 5.69 Å². The number of aliphatic hydroxyl groups is 1. The number of hydrogen-bond acceptors (Lipinski definition) is 4. The van der Waals surface area contributed by atoms with E-state index in [4.69, 9.17) is 10.5 Å². The normalized spacial score (nSPS) is 14.4. The van der Waals surface area contributed by atoms with Gasteiger partial charge in [-0.2, -0.15) is 0 Å². The molecule has 0 spiro atoms. The van der Waals surface area contributed by atoms with E-state index in [-0.39, 0.29) is 6.61 Å². The molecule has 0 aliphatic carbocycles. The number of benzene rings is 1. The van der Waals surface area contributed by atoms with Gasteiger partial charge < -0.3 is 15.6 Å². The van der Waals surface area contributed by atoms with Gasteiger partial charge in [0.05, 0.1) is 0 Å². The standard InChI is InChI=1S/C15H26N2O2/c1-4-12(3)17(5-2)10-14(18)11-19-15-8-6-7-13(16)9-15/h6-9,12,14,18H,4-5,10-11,16H2,1-3H3. The second-order valence-electron chi connectivity index (χ2n) is 4.88. The summed E-state index contributed by atoms with van der Waals surface area (Å²) in [6.07, 6.45) is 0.590. The minimum atomic E-state index is -0.490. The zero-order valence-electron chi connectivity index (χ0n) is 12.2. The van der Waals surface area contributed by atoms with Gasteiger partial charge in [0.15, 0.2) is 0 Å². The molecule has 19 heavy (non-hydrogen) atoms. The summed E-state index contributed by atoms with van der Waals surface area (Å²) in [5.41, 5.74) is 6.34. The molecule has 1 aromatic carbocycles. The van der Waals surface area contributed by atoms with Crippen LogP contribution in [0.1, 0.15) is 27.2 Å². The van der Waals surface area contributed by atoms with E-state index in [0.29, 0.717) is 24.0 Å². The Labute approximate surface area is 116 Å². The highest BCUT2D eigenvalue weighted by molar-refractivity contribution is 5.43. The molecule has 108 valence electrons. The number of nitrogens with two attached hydrogens (primary N) is 1. The number of nitrogen functional groups attached to an aromatic ring is 1. The van der Waals surface area contributed by atoms with Crippen molar-refractivity contribution in [3.63, 3.8) is 0 Å². The Kier molecular flexibility index (Phi) is 6.67. The van der Waals surface area contributed by atoms with E-state index in [1.165, 1.54) is 0 Å². The number of hydrogen-bond donors (Lipinski definition) is 2. The fraction of sp³-hybridized carbons (Fsp3) is 0.600. The third-order valence-electron chi connectivity index (χ3n) is 3.37. The highest BCUT2D eigenvalue weighted by atomic mass is 16.5. The quantitative estimate of drug-likeness (QED) is 0.708. The number of likely N-dealkylation sites (N-methyl/N-ethyl adjacent to an activating group) is 1. The maximum absolute atomic E-state index is 10.0. The smallest absolute Gasteiger partial charge is 0.121 e. The van der Waals surface area contributed by atoms with Crippen molar-refractivity contribution in [2.24, 2.45) is 0 Å². The van der Waals surface area contributed by atoms with Crippen LogP contribution in [0.15, 0.2) is 24.3 Å². The molecule has 3 N–H and O–H groups in total. The number of rotatable bonds is 8. The van der Waals surface area contributed by atoms with Crippen LogP contribution < -0.4 is 10.5 Å². The largest absolute Gasteiger partial charge is 0.491 e. The molecule has 0 saturated heterocycles. The molecule has 0 bridgehead atoms. The van der Waals surface area contributed by atoms with Crippen LogP contribution in [0.25, 0.3) is 0 Å². The Morgan fingerprint density at radius 2 is 2.11 bits per heavy atom. The van der Waals surface area contributed by atoms with Gasteiger partial charge in [0.1, 0.15) is 18.5 Å². The van der Waals surface area contributed by atoms with Crippen LogP contribution in [0, 0.1) is 0 Å². The molecule has 2 unspecified atom stereocenters. The molecule has 0 radical (unpaired) electrons. The van der Waals surface area contributed by atoms with E-state index in [0.717, 1.165) is 13.0 Å². The van der Waals surface area contributed by atoms with Crippen molar-refractivity contribution in [3.05, 3.63) is 24.3 Å². The maximum Gasteiger partial charge on any atom is 0.121 e. The predicted octanol–water partition coefficient (Wildman–Crippen LogP) is 2.13. The van der Waals surface area contributed by atoms with Gasteiger partial charge in [-0.1, -0.05) is 19.9 Å². The first-order chi connectivity index (χ1) is 9.06. The van der Waals surface area contributed by atoms with Crippen molar-refractivity contribution in [3.8, 4) is 5.75 Å². The summed E-state index contributed by atoms with van der Waals surface area (Å²) in [4.78, 5) is 2.26. The molecule has 2 atom stereocenters. The van der Waals surface area contributed by atoms with E-state index in [1.807, 2.05) is 18.2 Å². The zero-order chi connectivity index (χ0) is 14.3. The van der Waals surface area contributed by atoms with Gasteiger partial charge in [0.2, 0.25) is 0 Å². The van der Waals surface area contributed by atoms with Crippen molar-refractivity contribution in [1.29, 1.82) is 0 Å². The van der Waals surface area contributed by atoms with Crippen molar-refractivity contribution in [2.75, 3.05) is 25.4 Å². The summed E-state index contributed by atoms with van der Waals surface area (Å²) in [6.45, 7) is 8.30. The maximum atomic E-state index is 10.0. The van der Waals surface area contributed by atoms with E-state index in [2.05, 4.69) is 25.7 Å². The molecular formula is C15H26N2O2. The number of aliphatic hydroxyl groups excluding tert-OH is 1. The highest BCUT2D eigenvalue weighted by Gasteiger charge is 2.15. The second kappa shape index (κ2) is 8.02. The third kappa shape index (κ3) is 5.49. The van der Waals surface area contributed by atoms with Gasteiger partial charge in [0.25, 0.3) is 0 Å². The second-order valence-corrected chi connectivity index (χ2v) is 4.88. The van der Waals surface area contributed by atoms with Gasteiger partial charge in [-0.25, -0.2) is 0 Å². The first-order valence-corrected chi connectivity index (χ1v) is 6.97. The molecular weight excluding hydrogens is 240 g/mol. The Morgan fingerprint density at radius 1 is 1.37 bits per heavy atom. The van der Waals surface area contributed by atoms with Gasteiger partial charge in [-0.15, -0.1) is 0 Å². The Hall–Kier alpha value is -1.26. The van der Waals surface area contributed by atoms with Crippen LogP contribution in [-0.2, 0) is 0 Å². The summed E-state index contributed by atoms with van der Waals surface area (Å²) in [6, 6.07) is 7.74. The van der Waals surface area contributed by atoms with Crippen molar-refractivity contribution < 1.29 is 9.84 Å². The molecule has 1 aromatic rings. The first kappa shape index (κ1) is 15.8. The Bertz CT molecular complexity index is 371. The van der Waals surface area contributed by atoms with Crippen LogP contribution in [0.5, 0.6) is 5.75 Å². The molecule has 0 amide bonds. The lowest BCUT2D eigenvalue weighted by molar-refractivity contribution is 0.0564. The summed E-state index contributed by atoms with van der Waals surface area (Å²) >= 11 is 0. The lowest BCUT2D eigenvalue weighted by atomic mass is 10.2. The molecule has 0 aliphatic rings. The van der Waals surface area contributed by atoms with E-state index >= 15 is 0 Å². The molecule has 0 saturated carbocycles. The van der Waals surface area contributed by atoms with Gasteiger partial charge in [0, 0.05) is 24.3 Å².